The highest BCUT2D eigenvalue weighted by atomic mass is 32.2. The number of thioether (sulfide) groups is 1. The minimum absolute atomic E-state index is 0.0408. The monoisotopic (exact) mass is 713 g/mol. The predicted octanol–water partition coefficient (Wildman–Crippen LogP) is 8.92. The fraction of sp³-hybridized carbons (Fsp3) is 0.590. The number of benzene rings is 2. The zero-order valence-electron chi connectivity index (χ0n) is 30.8. The lowest BCUT2D eigenvalue weighted by Gasteiger charge is -2.41. The number of ether oxygens (including phenoxy) is 2. The summed E-state index contributed by atoms with van der Waals surface area (Å²) in [5, 5.41) is 12.0. The molecule has 1 aliphatic heterocycles. The summed E-state index contributed by atoms with van der Waals surface area (Å²) in [5.41, 5.74) is 2.18. The van der Waals surface area contributed by atoms with Gasteiger partial charge in [-0.1, -0.05) is 121 Å². The van der Waals surface area contributed by atoms with Gasteiger partial charge in [0.05, 0.1) is 44.0 Å². The van der Waals surface area contributed by atoms with Crippen molar-refractivity contribution >= 4 is 42.5 Å². The Morgan fingerprint density at radius 3 is 2.25 bits per heavy atom. The van der Waals surface area contributed by atoms with E-state index in [9.17, 15) is 9.90 Å². The van der Waals surface area contributed by atoms with E-state index in [4.69, 9.17) is 26.1 Å². The molecule has 9 heteroatoms. The molecule has 1 heterocycles. The van der Waals surface area contributed by atoms with Gasteiger partial charge in [-0.3, -0.25) is 9.69 Å². The summed E-state index contributed by atoms with van der Waals surface area (Å²) >= 11 is 7.21. The smallest absolute Gasteiger partial charge is 0.233 e. The van der Waals surface area contributed by atoms with E-state index in [0.29, 0.717) is 10.9 Å². The van der Waals surface area contributed by atoms with Crippen molar-refractivity contribution in [3.05, 3.63) is 78.4 Å². The molecule has 0 spiro atoms. The molecule has 0 aliphatic carbocycles. The van der Waals surface area contributed by atoms with E-state index in [0.717, 1.165) is 35.5 Å². The van der Waals surface area contributed by atoms with Crippen LogP contribution in [0.3, 0.4) is 0 Å². The molecule has 2 aromatic carbocycles. The maximum absolute atomic E-state index is 14.0. The van der Waals surface area contributed by atoms with Gasteiger partial charge >= 0.3 is 0 Å². The van der Waals surface area contributed by atoms with Gasteiger partial charge in [0.25, 0.3) is 0 Å². The lowest BCUT2D eigenvalue weighted by atomic mass is 9.79. The molecule has 1 aliphatic rings. The van der Waals surface area contributed by atoms with Crippen LogP contribution >= 0.6 is 24.0 Å². The van der Waals surface area contributed by atoms with Crippen molar-refractivity contribution in [1.82, 2.24) is 4.90 Å². The summed E-state index contributed by atoms with van der Waals surface area (Å²) in [4.78, 5) is 15.8. The van der Waals surface area contributed by atoms with Crippen molar-refractivity contribution in [3.8, 4) is 5.75 Å². The number of nitrogens with zero attached hydrogens (tertiary/aromatic N) is 1. The highest BCUT2D eigenvalue weighted by molar-refractivity contribution is 8.23. The molecule has 1 N–H and O–H groups in total. The van der Waals surface area contributed by atoms with Crippen LogP contribution in [0.5, 0.6) is 5.75 Å². The van der Waals surface area contributed by atoms with Gasteiger partial charge in [-0.15, -0.1) is 6.58 Å². The Kier molecular flexibility index (Phi) is 15.0. The average molecular weight is 714 g/mol. The van der Waals surface area contributed by atoms with Crippen LogP contribution in [0.25, 0.3) is 0 Å². The predicted molar refractivity (Wildman–Crippen MR) is 207 cm³/mol. The molecule has 48 heavy (non-hydrogen) atoms. The third kappa shape index (κ3) is 10.5. The van der Waals surface area contributed by atoms with E-state index in [1.807, 2.05) is 62.4 Å². The van der Waals surface area contributed by atoms with Crippen LogP contribution in [0.15, 0.2) is 67.3 Å². The maximum atomic E-state index is 14.0. The number of aliphatic hydroxyl groups excluding tert-OH is 1. The Morgan fingerprint density at radius 2 is 1.69 bits per heavy atom. The molecular weight excluding hydrogens is 655 g/mol. The SMILES string of the molecule is C=C[C@@H](O[Si](C)(C)C(C)(C)C)[C@H](C)C[C@H](C)[C@H](OCc1ccc(OC)cc1)[C@@H](C)[C@H](O)[C@@H](C)C(=O)N1C(=S)SC[C@@H]1Cc1ccccc1. The van der Waals surface area contributed by atoms with E-state index >= 15 is 0 Å². The molecule has 1 saturated heterocycles. The summed E-state index contributed by atoms with van der Waals surface area (Å²) in [5.74, 6) is 0.662. The van der Waals surface area contributed by atoms with Gasteiger partial charge in [0.1, 0.15) is 10.1 Å². The van der Waals surface area contributed by atoms with Gasteiger partial charge in [0, 0.05) is 11.7 Å². The first-order valence-electron chi connectivity index (χ1n) is 17.3. The number of carbonyl (C=O) groups excluding carboxylic acids is 1. The van der Waals surface area contributed by atoms with E-state index in [1.54, 1.807) is 12.0 Å². The van der Waals surface area contributed by atoms with Crippen LogP contribution in [0.2, 0.25) is 18.1 Å². The number of methoxy groups -OCH3 is 1. The summed E-state index contributed by atoms with van der Waals surface area (Å²) in [6, 6.07) is 18.0. The van der Waals surface area contributed by atoms with Crippen LogP contribution in [-0.4, -0.2) is 65.8 Å². The second kappa shape index (κ2) is 17.8. The van der Waals surface area contributed by atoms with Gasteiger partial charge in [-0.2, -0.15) is 0 Å². The van der Waals surface area contributed by atoms with Gasteiger partial charge in [0.15, 0.2) is 8.32 Å². The highest BCUT2D eigenvalue weighted by Crippen LogP contribution is 2.39. The van der Waals surface area contributed by atoms with Crippen LogP contribution < -0.4 is 4.74 Å². The third-order valence-electron chi connectivity index (χ3n) is 10.4. The topological polar surface area (TPSA) is 68.2 Å². The lowest BCUT2D eigenvalue weighted by Crippen LogP contribution is -2.49. The van der Waals surface area contributed by atoms with Gasteiger partial charge < -0.3 is 19.0 Å². The minimum atomic E-state index is -2.02. The van der Waals surface area contributed by atoms with Crippen molar-refractivity contribution in [1.29, 1.82) is 0 Å². The normalized spacial score (nSPS) is 20.0. The molecule has 0 unspecified atom stereocenters. The number of carbonyl (C=O) groups is 1. The Bertz CT molecular complexity index is 1330. The number of hydrogen-bond acceptors (Lipinski definition) is 7. The average Bonchev–Trinajstić information content (AvgIpc) is 3.41. The van der Waals surface area contributed by atoms with Crippen LogP contribution in [0, 0.1) is 23.7 Å². The summed E-state index contributed by atoms with van der Waals surface area (Å²) < 4.78 is 19.4. The molecule has 3 rings (SSSR count). The molecule has 8 atom stereocenters. The Balaban J connectivity index is 1.81. The van der Waals surface area contributed by atoms with E-state index in [-0.39, 0.29) is 46.9 Å². The van der Waals surface area contributed by atoms with Gasteiger partial charge in [0.2, 0.25) is 5.91 Å². The molecular formula is C39H59NO5S2Si. The molecule has 0 saturated carbocycles. The molecule has 0 radical (unpaired) electrons. The largest absolute Gasteiger partial charge is 0.497 e. The van der Waals surface area contributed by atoms with Crippen molar-refractivity contribution in [2.75, 3.05) is 12.9 Å². The Morgan fingerprint density at radius 1 is 1.06 bits per heavy atom. The molecule has 1 fully saturated rings. The molecule has 2 aromatic rings. The number of amides is 1. The molecule has 6 nitrogen and oxygen atoms in total. The quantitative estimate of drug-likeness (QED) is 0.0998. The molecule has 0 aromatic heterocycles. The first-order valence-corrected chi connectivity index (χ1v) is 21.6. The molecule has 1 amide bonds. The molecule has 266 valence electrons. The van der Waals surface area contributed by atoms with Crippen molar-refractivity contribution in [2.24, 2.45) is 23.7 Å². The van der Waals surface area contributed by atoms with Crippen LogP contribution in [-0.2, 0) is 27.0 Å². The second-order valence-corrected chi connectivity index (χ2v) is 21.6. The maximum Gasteiger partial charge on any atom is 0.233 e. The van der Waals surface area contributed by atoms with Crippen molar-refractivity contribution in [3.63, 3.8) is 0 Å². The number of hydrogen-bond donors (Lipinski definition) is 1. The van der Waals surface area contributed by atoms with Crippen molar-refractivity contribution in [2.45, 2.75) is 110 Å². The van der Waals surface area contributed by atoms with Crippen LogP contribution in [0.4, 0.5) is 0 Å². The van der Waals surface area contributed by atoms with E-state index < -0.39 is 20.3 Å². The first kappa shape index (κ1) is 40.4. The zero-order valence-corrected chi connectivity index (χ0v) is 33.4. The Hall–Kier alpha value is -2.01. The summed E-state index contributed by atoms with van der Waals surface area (Å²) in [7, 11) is -0.369. The number of thiocarbonyl (C=S) groups is 1. The lowest BCUT2D eigenvalue weighted by molar-refractivity contribution is -0.140. The third-order valence-corrected chi connectivity index (χ3v) is 16.4. The zero-order chi connectivity index (χ0) is 35.8. The summed E-state index contributed by atoms with van der Waals surface area (Å²) in [6.07, 6.45) is 2.13. The van der Waals surface area contributed by atoms with Crippen molar-refractivity contribution < 1.29 is 23.8 Å². The first-order chi connectivity index (χ1) is 22.5. The minimum Gasteiger partial charge on any atom is -0.497 e. The van der Waals surface area contributed by atoms with E-state index in [1.165, 1.54) is 11.8 Å². The standard InChI is InChI=1S/C39H59NO5S2Si/c1-12-34(45-48(10,11)39(6,7)8)26(2)22-27(3)36(44-24-31-18-20-33(43-9)21-19-31)28(4)35(41)29(5)37(42)40-32(25-47-38(40)46)23-30-16-14-13-15-17-30/h12-21,26-29,32,34-36,41H,1,22-25H2,2-11H3/t26-,27+,28+,29-,32+,34-,35+,36+/m1/s1. The fourth-order valence-corrected chi connectivity index (χ4v) is 9.08. The Labute approximate surface area is 301 Å². The van der Waals surface area contributed by atoms with Crippen LogP contribution in [0.1, 0.15) is 66.0 Å². The van der Waals surface area contributed by atoms with Gasteiger partial charge in [-0.05, 0) is 66.1 Å². The van der Waals surface area contributed by atoms with E-state index in [2.05, 4.69) is 66.4 Å². The fourth-order valence-electron chi connectivity index (χ4n) is 6.30. The number of rotatable bonds is 17. The van der Waals surface area contributed by atoms with Gasteiger partial charge in [-0.25, -0.2) is 0 Å². The second-order valence-electron chi connectivity index (χ2n) is 15.2. The number of aliphatic hydroxyl groups is 1. The molecule has 0 bridgehead atoms. The summed E-state index contributed by atoms with van der Waals surface area (Å²) in [6.45, 7) is 24.0. The highest BCUT2D eigenvalue weighted by Gasteiger charge is 2.43.